The van der Waals surface area contributed by atoms with Gasteiger partial charge in [0.1, 0.15) is 18.1 Å². The van der Waals surface area contributed by atoms with Gasteiger partial charge in [0, 0.05) is 73.6 Å². The van der Waals surface area contributed by atoms with E-state index in [1.54, 1.807) is 36.9 Å². The van der Waals surface area contributed by atoms with Gasteiger partial charge in [0.05, 0.1) is 105 Å². The van der Waals surface area contributed by atoms with Crippen LogP contribution in [0.4, 0.5) is 74.3 Å². The number of anilines is 7. The van der Waals surface area contributed by atoms with E-state index < -0.39 is 73.4 Å². The minimum Gasteiger partial charge on any atom is -0.490 e. The van der Waals surface area contributed by atoms with Crippen LogP contribution in [0.2, 0.25) is 0 Å². The fourth-order valence-electron chi connectivity index (χ4n) is 13.3. The minimum absolute atomic E-state index is 0.0107. The maximum Gasteiger partial charge on any atom is 0.319 e. The Kier molecular flexibility index (Phi) is 26.6. The van der Waals surface area contributed by atoms with Crippen LogP contribution in [0.3, 0.4) is 0 Å². The summed E-state index contributed by atoms with van der Waals surface area (Å²) in [4.78, 5) is 136. The first-order chi connectivity index (χ1) is 52.5. The molecule has 0 spiro atoms. The summed E-state index contributed by atoms with van der Waals surface area (Å²) in [5.41, 5.74) is 10.2. The number of aliphatic carboxylic acids is 3. The average Bonchev–Trinajstić information content (AvgIpc) is 0.841. The maximum atomic E-state index is 14.5. The van der Waals surface area contributed by atoms with Crippen LogP contribution in [-0.4, -0.2) is 141 Å². The number of rotatable bonds is 23. The lowest BCUT2D eigenvalue weighted by Gasteiger charge is -2.27. The van der Waals surface area contributed by atoms with E-state index >= 15 is 0 Å². The Bertz CT molecular complexity index is 4790. The highest BCUT2D eigenvalue weighted by Gasteiger charge is 2.28. The molecule has 0 atom stereocenters. The number of fused-ring (bicyclic) bond motifs is 20. The summed E-state index contributed by atoms with van der Waals surface area (Å²) in [5.74, 6) is -3.29. The summed E-state index contributed by atoms with van der Waals surface area (Å²) in [6, 6.07) is 11.9. The van der Waals surface area contributed by atoms with Crippen molar-refractivity contribution in [1.29, 1.82) is 0 Å². The molecular weight excluding hydrogens is 1410 g/mol. The summed E-state index contributed by atoms with van der Waals surface area (Å²) < 4.78 is 25.1. The second kappa shape index (κ2) is 36.8. The predicted octanol–water partition coefficient (Wildman–Crippen LogP) is 6.83. The first-order valence-corrected chi connectivity index (χ1v) is 35.2. The first kappa shape index (κ1) is 78.6. The molecule has 0 fully saturated rings. The highest BCUT2D eigenvalue weighted by Crippen LogP contribution is 2.37. The van der Waals surface area contributed by atoms with Gasteiger partial charge in [-0.05, 0) is 159 Å². The molecule has 8 aromatic rings. The normalized spacial score (nSPS) is 13.9. The van der Waals surface area contributed by atoms with E-state index in [1.807, 2.05) is 37.9 Å². The van der Waals surface area contributed by atoms with Crippen molar-refractivity contribution in [3.8, 4) is 5.75 Å². The molecule has 0 saturated heterocycles. The lowest BCUT2D eigenvalue weighted by atomic mass is 9.82. The van der Waals surface area contributed by atoms with Gasteiger partial charge in [-0.1, -0.05) is 44.2 Å². The summed E-state index contributed by atoms with van der Waals surface area (Å²) in [6.45, 7) is 9.34. The number of carbonyl (C=O) groups excluding carboxylic acids is 6. The van der Waals surface area contributed by atoms with Gasteiger partial charge in [0.25, 0.3) is 5.69 Å². The Labute approximate surface area is 623 Å². The Morgan fingerprint density at radius 2 is 0.927 bits per heavy atom. The number of carboxylic acid groups (broad SMARTS) is 3. The summed E-state index contributed by atoms with van der Waals surface area (Å²) in [5, 5.41) is 82.0. The van der Waals surface area contributed by atoms with Crippen molar-refractivity contribution in [3.63, 3.8) is 0 Å². The van der Waals surface area contributed by atoms with Gasteiger partial charge in [0.2, 0.25) is 5.52 Å². The molecule has 36 nitrogen and oxygen atoms in total. The Balaban J connectivity index is 0.993. The van der Waals surface area contributed by atoms with Gasteiger partial charge in [-0.15, -0.1) is 5.10 Å². The fraction of sp³-hybridized carbons (Fsp3) is 0.356. The zero-order chi connectivity index (χ0) is 77.8. The molecule has 3 aliphatic heterocycles. The molecule has 0 saturated carbocycles. The second-order valence-corrected chi connectivity index (χ2v) is 25.6. The molecule has 12 amide bonds. The smallest absolute Gasteiger partial charge is 0.319 e. The van der Waals surface area contributed by atoms with Gasteiger partial charge in [-0.3, -0.25) is 14.4 Å². The number of nitroso groups, excluding NO2 is 1. The van der Waals surface area contributed by atoms with E-state index in [9.17, 15) is 63.4 Å². The third kappa shape index (κ3) is 20.3. The molecule has 11 rings (SSSR count). The van der Waals surface area contributed by atoms with Crippen molar-refractivity contribution in [2.75, 3.05) is 83.4 Å². The highest BCUT2D eigenvalue weighted by atomic mass is 16.6. The third-order valence-corrected chi connectivity index (χ3v) is 18.4. The van der Waals surface area contributed by atoms with Crippen LogP contribution in [0.5, 0.6) is 5.75 Å². The molecule has 574 valence electrons. The zero-order valence-electron chi connectivity index (χ0n) is 60.8. The topological polar surface area (TPSA) is 490 Å². The second-order valence-electron chi connectivity index (χ2n) is 25.6. The quantitative estimate of drug-likeness (QED) is 0.0292. The molecule has 109 heavy (non-hydrogen) atoms. The van der Waals surface area contributed by atoms with Crippen molar-refractivity contribution < 1.29 is 82.5 Å². The molecule has 5 heterocycles. The molecule has 0 unspecified atom stereocenters. The SMILES string of the molecule is CCc1c2c(CC)c3c(CC)c1CNC(=O)Nc1cc(CC(=O)O)ccc1NC(=O)NCc1c(C)c(c(OCCOCCOCCn4cc(CN(C)c5ccc([NH+]=O)c6nonc56)nn4)c(c1C)CNC(=O)Nc1ccc(CC(=O)O)cc1NC(=O)NC3)CNC(=O)Nc1ccc(CC(=O)O)cc1NC(=O)NCC2. The standard InChI is InChI=1S/C73H85N19O17/c1-7-45-48-18-19-74-68(99)83-58-26-41(29-62(93)94)10-13-54(58)81-70(101)76-33-50-39(4)49-32-75-69(100)80-55-14-11-42(30-63(95)96)27-59(55)84-72(103)78-35-52(45)47(9-3)53(46(48)8-2)36-79-73(104)85-60-28-43(31-64(97)98)12-15-56(60)82-71(102)77-34-51(40(49)5)67(50)108-25-24-107-23-22-106-21-20-92-38-44(86-90-92)37-91(6)61-17-16-57(87-105)65-66(61)89-109-88-65/h10-17,26-28,38H,7-9,18-25,29-37H2,1-6H3,(H,93,94)(H,95,96)(H,97,98)(H2,74,83,99)(H2,75,80,100)(H2,76,81,101)(H2,77,82,102)(H2,78,84,103)(H2,79,85,104)/p+1. The zero-order valence-corrected chi connectivity index (χ0v) is 60.8. The number of urea groups is 6. The molecule has 6 bridgehead atoms. The predicted molar refractivity (Wildman–Crippen MR) is 399 cm³/mol. The summed E-state index contributed by atoms with van der Waals surface area (Å²) >= 11 is 0. The number of hydrogen-bond acceptors (Lipinski definition) is 19. The van der Waals surface area contributed by atoms with Crippen molar-refractivity contribution in [2.45, 2.75) is 125 Å². The molecule has 36 heteroatoms. The van der Waals surface area contributed by atoms with Gasteiger partial charge < -0.3 is 98.2 Å². The van der Waals surface area contributed by atoms with Crippen LogP contribution in [0.25, 0.3) is 11.0 Å². The largest absolute Gasteiger partial charge is 0.490 e. The Morgan fingerprint density at radius 1 is 0.514 bits per heavy atom. The van der Waals surface area contributed by atoms with Crippen molar-refractivity contribution >= 4 is 111 Å². The van der Waals surface area contributed by atoms with E-state index in [2.05, 4.69) is 84.4 Å². The highest BCUT2D eigenvalue weighted by molar-refractivity contribution is 6.02. The number of nitrogens with zero attached hydrogens (tertiary/aromatic N) is 6. The number of carbonyl (C=O) groups is 9. The van der Waals surface area contributed by atoms with Gasteiger partial charge in [0.15, 0.2) is 5.52 Å². The summed E-state index contributed by atoms with van der Waals surface area (Å²) in [7, 11) is 1.82. The van der Waals surface area contributed by atoms with E-state index in [1.165, 1.54) is 54.6 Å². The average molecular weight is 1500 g/mol. The van der Waals surface area contributed by atoms with Crippen LogP contribution in [0, 0.1) is 18.8 Å². The van der Waals surface area contributed by atoms with Crippen molar-refractivity contribution in [2.24, 2.45) is 0 Å². The number of aromatic nitrogens is 5. The Hall–Kier alpha value is -13.0. The van der Waals surface area contributed by atoms with Crippen molar-refractivity contribution in [1.82, 2.24) is 57.2 Å². The van der Waals surface area contributed by atoms with E-state index in [4.69, 9.17) is 18.8 Å². The molecule has 2 aromatic heterocycles. The number of hydrogen-bond donors (Lipinski definition) is 16. The lowest BCUT2D eigenvalue weighted by Crippen LogP contribution is -2.55. The molecule has 0 radical (unpaired) electrons. The molecule has 6 aromatic carbocycles. The van der Waals surface area contributed by atoms with Crippen LogP contribution in [0.15, 0.2) is 77.6 Å². The summed E-state index contributed by atoms with van der Waals surface area (Å²) in [6.07, 6.45) is 1.93. The van der Waals surface area contributed by atoms with Gasteiger partial charge in [-0.2, -0.15) is 0 Å². The molecule has 3 aliphatic rings. The molecule has 0 aliphatic carbocycles. The van der Waals surface area contributed by atoms with Crippen LogP contribution >= 0.6 is 0 Å². The third-order valence-electron chi connectivity index (χ3n) is 18.4. The van der Waals surface area contributed by atoms with Crippen LogP contribution in [0.1, 0.15) is 104 Å². The van der Waals surface area contributed by atoms with E-state index in [-0.39, 0.29) is 135 Å². The number of ether oxygens (including phenoxy) is 3. The number of carboxylic acids is 3. The van der Waals surface area contributed by atoms with Crippen LogP contribution < -0.4 is 78.6 Å². The van der Waals surface area contributed by atoms with Gasteiger partial charge in [-0.25, -0.2) is 38.1 Å². The number of amides is 12. The lowest BCUT2D eigenvalue weighted by molar-refractivity contribution is -0.377. The molecular formula is C73H86N19O17+. The van der Waals surface area contributed by atoms with Crippen LogP contribution in [-0.2, 0) is 115 Å². The van der Waals surface area contributed by atoms with E-state index in [0.717, 1.165) is 22.3 Å². The Morgan fingerprint density at radius 3 is 1.39 bits per heavy atom. The number of nitrogens with one attached hydrogen (secondary N) is 13. The van der Waals surface area contributed by atoms with Crippen molar-refractivity contribution in [3.05, 3.63) is 161 Å². The fourth-order valence-corrected chi connectivity index (χ4v) is 13.3. The minimum atomic E-state index is -1.16. The monoisotopic (exact) mass is 1500 g/mol. The first-order valence-electron chi connectivity index (χ1n) is 35.2. The van der Waals surface area contributed by atoms with Gasteiger partial charge >= 0.3 is 54.1 Å². The molecule has 16 N–H and O–H groups in total. The maximum absolute atomic E-state index is 14.5. The number of benzene rings is 6. The van der Waals surface area contributed by atoms with E-state index in [0.29, 0.717) is 99.3 Å².